The van der Waals surface area contributed by atoms with E-state index in [1.807, 2.05) is 14.0 Å². The molecule has 2 unspecified atom stereocenters. The molecule has 90 valence electrons. The molecule has 0 spiro atoms. The van der Waals surface area contributed by atoms with Crippen molar-refractivity contribution in [3.63, 3.8) is 0 Å². The van der Waals surface area contributed by atoms with Crippen molar-refractivity contribution in [2.75, 3.05) is 12.8 Å². The van der Waals surface area contributed by atoms with E-state index in [4.69, 9.17) is 0 Å². The van der Waals surface area contributed by atoms with E-state index in [1.54, 1.807) is 0 Å². The maximum absolute atomic E-state index is 12.9. The largest absolute Gasteiger partial charge is 0.317 e. The number of nitrogens with one attached hydrogen (secondary N) is 1. The highest BCUT2D eigenvalue weighted by Crippen LogP contribution is 2.13. The van der Waals surface area contributed by atoms with Crippen LogP contribution >= 0.6 is 0 Å². The van der Waals surface area contributed by atoms with Gasteiger partial charge in [-0.3, -0.25) is 4.21 Å². The molecule has 1 rings (SSSR count). The van der Waals surface area contributed by atoms with Crippen LogP contribution in [0.25, 0.3) is 0 Å². The quantitative estimate of drug-likeness (QED) is 0.863. The molecule has 0 aromatic heterocycles. The first-order valence-corrected chi connectivity index (χ1v) is 6.37. The molecule has 0 heterocycles. The Hall–Kier alpha value is -0.810. The van der Waals surface area contributed by atoms with Gasteiger partial charge in [0.25, 0.3) is 0 Å². The maximum Gasteiger partial charge on any atom is 0.160 e. The summed E-state index contributed by atoms with van der Waals surface area (Å²) in [5, 5.41) is 3.02. The first kappa shape index (κ1) is 13.3. The Labute approximate surface area is 96.5 Å². The Morgan fingerprint density at radius 3 is 2.62 bits per heavy atom. The van der Waals surface area contributed by atoms with Crippen LogP contribution in [-0.2, 0) is 10.8 Å². The Morgan fingerprint density at radius 1 is 1.38 bits per heavy atom. The zero-order valence-electron chi connectivity index (χ0n) is 9.30. The lowest BCUT2D eigenvalue weighted by molar-refractivity contribution is 0.505. The zero-order chi connectivity index (χ0) is 12.1. The molecule has 0 aliphatic heterocycles. The van der Waals surface area contributed by atoms with Gasteiger partial charge in [-0.2, -0.15) is 0 Å². The van der Waals surface area contributed by atoms with Crippen LogP contribution in [0.4, 0.5) is 8.78 Å². The summed E-state index contributed by atoms with van der Waals surface area (Å²) in [5.41, 5.74) is 0. The molecular weight excluding hydrogens is 232 g/mol. The predicted octanol–water partition coefficient (Wildman–Crippen LogP) is 2.07. The number of halogens is 2. The second-order valence-corrected chi connectivity index (χ2v) is 5.17. The van der Waals surface area contributed by atoms with E-state index in [0.29, 0.717) is 10.6 Å². The van der Waals surface area contributed by atoms with Crippen molar-refractivity contribution in [2.24, 2.45) is 0 Å². The fraction of sp³-hybridized carbons (Fsp3) is 0.455. The van der Waals surface area contributed by atoms with Gasteiger partial charge >= 0.3 is 0 Å². The molecule has 2 nitrogen and oxygen atoms in total. The lowest BCUT2D eigenvalue weighted by Gasteiger charge is -2.09. The Morgan fingerprint density at radius 2 is 2.06 bits per heavy atom. The van der Waals surface area contributed by atoms with Gasteiger partial charge in [0.05, 0.1) is 10.8 Å². The Bertz CT molecular complexity index is 384. The van der Waals surface area contributed by atoms with Crippen molar-refractivity contribution in [3.8, 4) is 0 Å². The molecule has 0 amide bonds. The highest BCUT2D eigenvalue weighted by atomic mass is 32.2. The molecule has 0 fully saturated rings. The summed E-state index contributed by atoms with van der Waals surface area (Å²) in [7, 11) is 0.554. The van der Waals surface area contributed by atoms with Gasteiger partial charge in [0.15, 0.2) is 11.6 Å². The summed E-state index contributed by atoms with van der Waals surface area (Å²) in [6.45, 7) is 1.97. The third-order valence-corrected chi connectivity index (χ3v) is 3.77. The number of hydrogen-bond donors (Lipinski definition) is 1. The number of benzene rings is 1. The van der Waals surface area contributed by atoms with Crippen LogP contribution in [0.2, 0.25) is 0 Å². The van der Waals surface area contributed by atoms with E-state index in [1.165, 1.54) is 6.07 Å². The van der Waals surface area contributed by atoms with Gasteiger partial charge in [0, 0.05) is 16.7 Å². The second-order valence-electron chi connectivity index (χ2n) is 3.60. The Kier molecular flexibility index (Phi) is 5.02. The lowest BCUT2D eigenvalue weighted by atomic mass is 10.3. The lowest BCUT2D eigenvalue weighted by Crippen LogP contribution is -2.23. The SMILES string of the molecule is CNC(C)CCS(=O)c1ccc(F)c(F)c1. The van der Waals surface area contributed by atoms with Crippen LogP contribution < -0.4 is 5.32 Å². The minimum atomic E-state index is -1.27. The van der Waals surface area contributed by atoms with Crippen molar-refractivity contribution in [1.82, 2.24) is 5.32 Å². The van der Waals surface area contributed by atoms with Crippen LogP contribution in [-0.4, -0.2) is 23.1 Å². The summed E-state index contributed by atoms with van der Waals surface area (Å²) < 4.78 is 37.3. The molecule has 0 aliphatic rings. The average Bonchev–Trinajstić information content (AvgIpc) is 2.29. The second kappa shape index (κ2) is 6.06. The maximum atomic E-state index is 12.9. The smallest absolute Gasteiger partial charge is 0.160 e. The van der Waals surface area contributed by atoms with E-state index in [0.717, 1.165) is 18.6 Å². The van der Waals surface area contributed by atoms with Gasteiger partial charge in [-0.25, -0.2) is 8.78 Å². The van der Waals surface area contributed by atoms with Gasteiger partial charge < -0.3 is 5.32 Å². The molecule has 0 aliphatic carbocycles. The fourth-order valence-corrected chi connectivity index (χ4v) is 2.42. The molecule has 0 bridgehead atoms. The molecule has 5 heteroatoms. The third-order valence-electron chi connectivity index (χ3n) is 2.38. The highest BCUT2D eigenvalue weighted by molar-refractivity contribution is 7.85. The van der Waals surface area contributed by atoms with Crippen molar-refractivity contribution in [1.29, 1.82) is 0 Å². The highest BCUT2D eigenvalue weighted by Gasteiger charge is 2.09. The first-order valence-electron chi connectivity index (χ1n) is 5.05. The van der Waals surface area contributed by atoms with Gasteiger partial charge in [-0.1, -0.05) is 0 Å². The Balaban J connectivity index is 2.63. The van der Waals surface area contributed by atoms with E-state index in [9.17, 15) is 13.0 Å². The van der Waals surface area contributed by atoms with Gasteiger partial charge in [0.2, 0.25) is 0 Å². The molecule has 16 heavy (non-hydrogen) atoms. The van der Waals surface area contributed by atoms with E-state index in [2.05, 4.69) is 5.32 Å². The van der Waals surface area contributed by atoms with Crippen molar-refractivity contribution < 1.29 is 13.0 Å². The van der Waals surface area contributed by atoms with Crippen LogP contribution in [0.5, 0.6) is 0 Å². The molecule has 1 aromatic rings. The van der Waals surface area contributed by atoms with E-state index >= 15 is 0 Å². The van der Waals surface area contributed by atoms with Crippen LogP contribution in [0, 0.1) is 11.6 Å². The van der Waals surface area contributed by atoms with Crippen LogP contribution in [0.15, 0.2) is 23.1 Å². The molecule has 1 aromatic carbocycles. The van der Waals surface area contributed by atoms with Gasteiger partial charge in [0.1, 0.15) is 0 Å². The third kappa shape index (κ3) is 3.64. The molecule has 0 saturated carbocycles. The van der Waals surface area contributed by atoms with Gasteiger partial charge in [-0.05, 0) is 38.6 Å². The topological polar surface area (TPSA) is 29.1 Å². The molecule has 0 radical (unpaired) electrons. The summed E-state index contributed by atoms with van der Waals surface area (Å²) in [5.74, 6) is -1.43. The summed E-state index contributed by atoms with van der Waals surface area (Å²) >= 11 is 0. The minimum Gasteiger partial charge on any atom is -0.317 e. The van der Waals surface area contributed by atoms with Crippen molar-refractivity contribution in [3.05, 3.63) is 29.8 Å². The molecule has 2 atom stereocenters. The summed E-state index contributed by atoms with van der Waals surface area (Å²) in [6, 6.07) is 3.62. The van der Waals surface area contributed by atoms with E-state index in [-0.39, 0.29) is 6.04 Å². The summed E-state index contributed by atoms with van der Waals surface area (Å²) in [4.78, 5) is 0.335. The number of hydrogen-bond acceptors (Lipinski definition) is 2. The number of rotatable bonds is 5. The standard InChI is InChI=1S/C11H15F2NOS/c1-8(14-2)5-6-16(15)9-3-4-10(12)11(13)7-9/h3-4,7-8,14H,5-6H2,1-2H3. The zero-order valence-corrected chi connectivity index (χ0v) is 10.1. The molecular formula is C11H15F2NOS. The first-order chi connectivity index (χ1) is 7.54. The molecule has 0 saturated heterocycles. The normalized spacial score (nSPS) is 14.8. The average molecular weight is 247 g/mol. The predicted molar refractivity (Wildman–Crippen MR) is 60.8 cm³/mol. The van der Waals surface area contributed by atoms with Crippen molar-refractivity contribution in [2.45, 2.75) is 24.3 Å². The van der Waals surface area contributed by atoms with Crippen LogP contribution in [0.3, 0.4) is 0 Å². The van der Waals surface area contributed by atoms with Crippen molar-refractivity contribution >= 4 is 10.8 Å². The molecule has 1 N–H and O–H groups in total. The van der Waals surface area contributed by atoms with Crippen LogP contribution in [0.1, 0.15) is 13.3 Å². The van der Waals surface area contributed by atoms with E-state index < -0.39 is 22.4 Å². The summed E-state index contributed by atoms with van der Waals surface area (Å²) in [6.07, 6.45) is 0.724. The fourth-order valence-electron chi connectivity index (χ4n) is 1.16. The minimum absolute atomic E-state index is 0.259. The monoisotopic (exact) mass is 247 g/mol. The van der Waals surface area contributed by atoms with Gasteiger partial charge in [-0.15, -0.1) is 0 Å².